The van der Waals surface area contributed by atoms with E-state index in [1.807, 2.05) is 60.7 Å². The lowest BCUT2D eigenvalue weighted by Gasteiger charge is -2.35. The van der Waals surface area contributed by atoms with Gasteiger partial charge in [-0.15, -0.1) is 0 Å². The van der Waals surface area contributed by atoms with Crippen LogP contribution >= 0.6 is 0 Å². The molecule has 0 unspecified atom stereocenters. The van der Waals surface area contributed by atoms with Crippen molar-refractivity contribution in [3.63, 3.8) is 0 Å². The van der Waals surface area contributed by atoms with E-state index in [1.165, 1.54) is 0 Å². The molecule has 1 aromatic heterocycles. The molecule has 6 nitrogen and oxygen atoms in total. The second-order valence-electron chi connectivity index (χ2n) is 10.0. The predicted molar refractivity (Wildman–Crippen MR) is 133 cm³/mol. The number of methoxy groups -OCH3 is 2. The van der Waals surface area contributed by atoms with Gasteiger partial charge in [0.05, 0.1) is 20.8 Å². The average Bonchev–Trinajstić information content (AvgIpc) is 3.46. The predicted octanol–water partition coefficient (Wildman–Crippen LogP) is 6.67. The molecule has 3 aromatic rings. The summed E-state index contributed by atoms with van der Waals surface area (Å²) in [6, 6.07) is 19.2. The largest absolute Gasteiger partial charge is 0.519 e. The average molecular weight is 483 g/mol. The minimum atomic E-state index is -2.01. The molecule has 4 rings (SSSR count). The van der Waals surface area contributed by atoms with Gasteiger partial charge in [0, 0.05) is 17.2 Å². The fraction of sp³-hybridized carbons (Fsp3) is 0.407. The van der Waals surface area contributed by atoms with E-state index < -0.39 is 14.1 Å². The van der Waals surface area contributed by atoms with Gasteiger partial charge < -0.3 is 27.8 Å². The fourth-order valence-electron chi connectivity index (χ4n) is 3.66. The van der Waals surface area contributed by atoms with Crippen LogP contribution in [0.25, 0.3) is 0 Å². The van der Waals surface area contributed by atoms with Crippen LogP contribution in [0.4, 0.5) is 0 Å². The molecule has 1 aliphatic heterocycles. The van der Waals surface area contributed by atoms with Crippen molar-refractivity contribution < 1.29 is 27.8 Å². The lowest BCUT2D eigenvalue weighted by Crippen LogP contribution is -2.43. The van der Waals surface area contributed by atoms with E-state index in [0.29, 0.717) is 18.3 Å². The van der Waals surface area contributed by atoms with Crippen molar-refractivity contribution in [2.75, 3.05) is 20.8 Å². The Labute approximate surface area is 202 Å². The van der Waals surface area contributed by atoms with Gasteiger partial charge in [0.2, 0.25) is 5.79 Å². The van der Waals surface area contributed by atoms with Gasteiger partial charge in [-0.1, -0.05) is 20.8 Å². The maximum absolute atomic E-state index is 6.62. The number of hydrogen-bond acceptors (Lipinski definition) is 6. The third-order valence-electron chi connectivity index (χ3n) is 6.77. The Hall–Kier alpha value is -2.74. The fourth-order valence-corrected chi connectivity index (χ4v) is 4.58. The number of hydrogen-bond donors (Lipinski definition) is 0. The first kappa shape index (κ1) is 24.4. The third-order valence-corrected chi connectivity index (χ3v) is 11.1. The first-order valence-electron chi connectivity index (χ1n) is 11.5. The zero-order chi connectivity index (χ0) is 24.6. The molecule has 0 saturated carbocycles. The summed E-state index contributed by atoms with van der Waals surface area (Å²) < 4.78 is 36.1. The Morgan fingerprint density at radius 2 is 1.35 bits per heavy atom. The molecule has 0 bridgehead atoms. The number of rotatable bonds is 7. The highest BCUT2D eigenvalue weighted by Crippen LogP contribution is 2.47. The highest BCUT2D eigenvalue weighted by Gasteiger charge is 2.47. The minimum absolute atomic E-state index is 0.0742. The van der Waals surface area contributed by atoms with Gasteiger partial charge in [0.1, 0.15) is 23.4 Å². The lowest BCUT2D eigenvalue weighted by atomic mass is 9.97. The molecule has 1 atom stereocenters. The second kappa shape index (κ2) is 9.13. The van der Waals surface area contributed by atoms with Crippen LogP contribution in [0.1, 0.15) is 43.8 Å². The molecule has 2 aromatic carbocycles. The van der Waals surface area contributed by atoms with Crippen LogP contribution in [0.5, 0.6) is 17.4 Å². The van der Waals surface area contributed by atoms with E-state index in [1.54, 1.807) is 14.2 Å². The van der Waals surface area contributed by atoms with Gasteiger partial charge in [0.15, 0.2) is 0 Å². The second-order valence-corrected chi connectivity index (χ2v) is 14.7. The maximum atomic E-state index is 6.62. The molecule has 0 N–H and O–H groups in total. The van der Waals surface area contributed by atoms with Crippen molar-refractivity contribution in [2.45, 2.75) is 50.8 Å². The van der Waals surface area contributed by atoms with E-state index in [4.69, 9.17) is 27.8 Å². The molecule has 0 aliphatic carbocycles. The standard InChI is InChI=1S/C27H34O6Si/c1-26(2,3)34(6,7)33-25-17-16-23(31-25)24-18-30-27(32-24,19-8-12-21(28-4)13-9-19)20-10-14-22(29-5)15-11-20/h8-17,24H,18H2,1-7H3/t24-/m0/s1. The Morgan fingerprint density at radius 1 is 0.824 bits per heavy atom. The molecule has 182 valence electrons. The van der Waals surface area contributed by atoms with Crippen LogP contribution in [0.3, 0.4) is 0 Å². The van der Waals surface area contributed by atoms with Crippen LogP contribution in [-0.4, -0.2) is 29.1 Å². The summed E-state index contributed by atoms with van der Waals surface area (Å²) >= 11 is 0. The molecular formula is C27H34O6Si. The zero-order valence-electron chi connectivity index (χ0n) is 21.0. The Bertz CT molecular complexity index is 1050. The van der Waals surface area contributed by atoms with Gasteiger partial charge in [-0.2, -0.15) is 0 Å². The van der Waals surface area contributed by atoms with E-state index in [9.17, 15) is 0 Å². The Balaban J connectivity index is 1.64. The van der Waals surface area contributed by atoms with E-state index >= 15 is 0 Å². The first-order chi connectivity index (χ1) is 16.1. The molecule has 0 amide bonds. The maximum Gasteiger partial charge on any atom is 0.270 e. The smallest absolute Gasteiger partial charge is 0.270 e. The normalized spacial score (nSPS) is 18.0. The van der Waals surface area contributed by atoms with Crippen LogP contribution in [0.2, 0.25) is 18.1 Å². The number of benzene rings is 2. The number of ether oxygens (including phenoxy) is 4. The molecule has 34 heavy (non-hydrogen) atoms. The molecule has 2 heterocycles. The highest BCUT2D eigenvalue weighted by molar-refractivity contribution is 6.74. The minimum Gasteiger partial charge on any atom is -0.519 e. The van der Waals surface area contributed by atoms with Gasteiger partial charge in [-0.05, 0) is 72.7 Å². The van der Waals surface area contributed by atoms with Crippen LogP contribution in [0.15, 0.2) is 65.1 Å². The molecule has 0 radical (unpaired) electrons. The van der Waals surface area contributed by atoms with E-state index in [2.05, 4.69) is 33.9 Å². The SMILES string of the molecule is COc1ccc(C2(c3ccc(OC)cc3)OC[C@@H](c3ccc(O[Si](C)(C)C(C)(C)C)o3)O2)cc1. The first-order valence-corrected chi connectivity index (χ1v) is 14.4. The van der Waals surface area contributed by atoms with E-state index in [-0.39, 0.29) is 11.1 Å². The van der Waals surface area contributed by atoms with Gasteiger partial charge in [-0.3, -0.25) is 0 Å². The lowest BCUT2D eigenvalue weighted by molar-refractivity contribution is -0.145. The van der Waals surface area contributed by atoms with Crippen molar-refractivity contribution in [1.82, 2.24) is 0 Å². The monoisotopic (exact) mass is 482 g/mol. The van der Waals surface area contributed by atoms with Crippen molar-refractivity contribution in [1.29, 1.82) is 0 Å². The number of furan rings is 1. The molecule has 1 aliphatic rings. The third kappa shape index (κ3) is 4.60. The molecule has 1 saturated heterocycles. The van der Waals surface area contributed by atoms with Crippen LogP contribution in [-0.2, 0) is 15.3 Å². The highest BCUT2D eigenvalue weighted by atomic mass is 28.4. The quantitative estimate of drug-likeness (QED) is 0.351. The summed E-state index contributed by atoms with van der Waals surface area (Å²) in [7, 11) is 1.28. The molecule has 1 fully saturated rings. The van der Waals surface area contributed by atoms with Crippen LogP contribution in [0, 0.1) is 0 Å². The van der Waals surface area contributed by atoms with Gasteiger partial charge in [-0.25, -0.2) is 0 Å². The van der Waals surface area contributed by atoms with Crippen LogP contribution < -0.4 is 13.9 Å². The van der Waals surface area contributed by atoms with E-state index in [0.717, 1.165) is 22.6 Å². The summed E-state index contributed by atoms with van der Waals surface area (Å²) in [6.45, 7) is 11.3. The van der Waals surface area contributed by atoms with Crippen molar-refractivity contribution in [2.24, 2.45) is 0 Å². The Morgan fingerprint density at radius 3 is 1.82 bits per heavy atom. The summed E-state index contributed by atoms with van der Waals surface area (Å²) in [5.41, 5.74) is 1.73. The van der Waals surface area contributed by atoms with Crippen molar-refractivity contribution in [3.05, 3.63) is 77.6 Å². The Kier molecular flexibility index (Phi) is 6.55. The molecular weight excluding hydrogens is 448 g/mol. The molecule has 0 spiro atoms. The van der Waals surface area contributed by atoms with Crippen molar-refractivity contribution in [3.8, 4) is 17.4 Å². The summed E-state index contributed by atoms with van der Waals surface area (Å²) in [5.74, 6) is 1.65. The van der Waals surface area contributed by atoms with Gasteiger partial charge >= 0.3 is 0 Å². The van der Waals surface area contributed by atoms with Gasteiger partial charge in [0.25, 0.3) is 14.3 Å². The van der Waals surface area contributed by atoms with Crippen molar-refractivity contribution >= 4 is 8.32 Å². The topological polar surface area (TPSA) is 59.3 Å². The zero-order valence-corrected chi connectivity index (χ0v) is 22.0. The summed E-state index contributed by atoms with van der Waals surface area (Å²) in [5, 5.41) is 0.0742. The summed E-state index contributed by atoms with van der Waals surface area (Å²) in [4.78, 5) is 0. The summed E-state index contributed by atoms with van der Waals surface area (Å²) in [6.07, 6.45) is -0.388. The molecule has 7 heteroatoms.